The molecule has 0 bridgehead atoms. The molecule has 1 aromatic heterocycles. The van der Waals surface area contributed by atoms with Crippen LogP contribution in [0.25, 0.3) is 0 Å². The zero-order valence-electron chi connectivity index (χ0n) is 9.70. The van der Waals surface area contributed by atoms with E-state index in [1.807, 2.05) is 19.9 Å². The van der Waals surface area contributed by atoms with Crippen LogP contribution in [0.5, 0.6) is 0 Å². The number of aryl methyl sites for hydroxylation is 2. The number of hydrogen-bond acceptors (Lipinski definition) is 2. The Morgan fingerprint density at radius 2 is 1.88 bits per heavy atom. The fraction of sp³-hybridized carbons (Fsp3) is 0.143. The van der Waals surface area contributed by atoms with Crippen LogP contribution in [0.4, 0.5) is 0 Å². The van der Waals surface area contributed by atoms with Crippen LogP contribution in [0.3, 0.4) is 0 Å². The minimum atomic E-state index is -0.00948. The summed E-state index contributed by atoms with van der Waals surface area (Å²) in [5, 5.41) is 0.641. The predicted molar refractivity (Wildman–Crippen MR) is 68.6 cm³/mol. The molecule has 2 rings (SSSR count). The summed E-state index contributed by atoms with van der Waals surface area (Å²) in [6.45, 7) is 3.78. The second kappa shape index (κ2) is 4.68. The minimum absolute atomic E-state index is 0.00948. The minimum Gasteiger partial charge on any atom is -0.289 e. The van der Waals surface area contributed by atoms with Gasteiger partial charge in [-0.2, -0.15) is 0 Å². The molecule has 0 saturated heterocycles. The standard InChI is InChI=1S/C14H12ClNO/c1-9-5-6-16-8-13(9)14(17)12-4-3-11(15)7-10(12)2/h3-8H,1-2H3. The second-order valence-electron chi connectivity index (χ2n) is 3.98. The van der Waals surface area contributed by atoms with E-state index in [4.69, 9.17) is 11.6 Å². The summed E-state index contributed by atoms with van der Waals surface area (Å²) < 4.78 is 0. The van der Waals surface area contributed by atoms with Gasteiger partial charge < -0.3 is 0 Å². The normalized spacial score (nSPS) is 10.3. The van der Waals surface area contributed by atoms with Crippen molar-refractivity contribution in [3.8, 4) is 0 Å². The first-order valence-electron chi connectivity index (χ1n) is 5.31. The van der Waals surface area contributed by atoms with Crippen LogP contribution in [0.15, 0.2) is 36.7 Å². The number of pyridine rings is 1. The number of ketones is 1. The zero-order chi connectivity index (χ0) is 12.4. The van der Waals surface area contributed by atoms with Crippen LogP contribution in [0.2, 0.25) is 5.02 Å². The highest BCUT2D eigenvalue weighted by Gasteiger charge is 2.13. The highest BCUT2D eigenvalue weighted by atomic mass is 35.5. The first-order chi connectivity index (χ1) is 8.09. The number of rotatable bonds is 2. The number of halogens is 1. The fourth-order valence-electron chi connectivity index (χ4n) is 1.73. The zero-order valence-corrected chi connectivity index (χ0v) is 10.5. The van der Waals surface area contributed by atoms with Crippen molar-refractivity contribution < 1.29 is 4.79 Å². The molecule has 2 aromatic rings. The van der Waals surface area contributed by atoms with E-state index in [9.17, 15) is 4.79 Å². The Labute approximate surface area is 105 Å². The van der Waals surface area contributed by atoms with E-state index in [0.717, 1.165) is 11.1 Å². The van der Waals surface area contributed by atoms with Gasteiger partial charge >= 0.3 is 0 Å². The van der Waals surface area contributed by atoms with Crippen molar-refractivity contribution in [2.45, 2.75) is 13.8 Å². The Balaban J connectivity index is 2.48. The van der Waals surface area contributed by atoms with Crippen LogP contribution < -0.4 is 0 Å². The summed E-state index contributed by atoms with van der Waals surface area (Å²) in [5.74, 6) is -0.00948. The van der Waals surface area contributed by atoms with Gasteiger partial charge in [-0.1, -0.05) is 11.6 Å². The number of carbonyl (C=O) groups excluding carboxylic acids is 1. The molecular weight excluding hydrogens is 234 g/mol. The third kappa shape index (κ3) is 2.37. The molecule has 0 aliphatic carbocycles. The number of carbonyl (C=O) groups is 1. The summed E-state index contributed by atoms with van der Waals surface area (Å²) in [5.41, 5.74) is 3.12. The average Bonchev–Trinajstić information content (AvgIpc) is 2.29. The lowest BCUT2D eigenvalue weighted by atomic mass is 9.98. The molecule has 86 valence electrons. The molecule has 2 nitrogen and oxygen atoms in total. The Morgan fingerprint density at radius 3 is 2.53 bits per heavy atom. The van der Waals surface area contributed by atoms with Crippen molar-refractivity contribution in [1.82, 2.24) is 4.98 Å². The van der Waals surface area contributed by atoms with Gasteiger partial charge in [-0.25, -0.2) is 0 Å². The van der Waals surface area contributed by atoms with Crippen LogP contribution >= 0.6 is 11.6 Å². The van der Waals surface area contributed by atoms with E-state index in [2.05, 4.69) is 4.98 Å². The maximum atomic E-state index is 12.3. The lowest BCUT2D eigenvalue weighted by Gasteiger charge is -2.07. The highest BCUT2D eigenvalue weighted by molar-refractivity contribution is 6.30. The maximum absolute atomic E-state index is 12.3. The first kappa shape index (κ1) is 11.8. The van der Waals surface area contributed by atoms with Crippen LogP contribution in [0, 0.1) is 13.8 Å². The van der Waals surface area contributed by atoms with E-state index in [-0.39, 0.29) is 5.78 Å². The summed E-state index contributed by atoms with van der Waals surface area (Å²) in [6.07, 6.45) is 3.28. The van der Waals surface area contributed by atoms with Gasteiger partial charge in [0.05, 0.1) is 0 Å². The maximum Gasteiger partial charge on any atom is 0.195 e. The van der Waals surface area contributed by atoms with E-state index < -0.39 is 0 Å². The summed E-state index contributed by atoms with van der Waals surface area (Å²) >= 11 is 5.88. The predicted octanol–water partition coefficient (Wildman–Crippen LogP) is 3.58. The third-order valence-electron chi connectivity index (χ3n) is 2.72. The van der Waals surface area contributed by atoms with Crippen molar-refractivity contribution in [3.63, 3.8) is 0 Å². The van der Waals surface area contributed by atoms with E-state index in [0.29, 0.717) is 16.1 Å². The van der Waals surface area contributed by atoms with Gasteiger partial charge in [0, 0.05) is 28.5 Å². The van der Waals surface area contributed by atoms with Crippen LogP contribution in [-0.2, 0) is 0 Å². The monoisotopic (exact) mass is 245 g/mol. The first-order valence-corrected chi connectivity index (χ1v) is 5.69. The topological polar surface area (TPSA) is 30.0 Å². The molecule has 1 aromatic carbocycles. The van der Waals surface area contributed by atoms with Gasteiger partial charge in [0.15, 0.2) is 5.78 Å². The Bertz CT molecular complexity index is 578. The molecule has 0 unspecified atom stereocenters. The van der Waals surface area contributed by atoms with Gasteiger partial charge in [0.25, 0.3) is 0 Å². The molecule has 0 fully saturated rings. The van der Waals surface area contributed by atoms with Crippen LogP contribution in [0.1, 0.15) is 27.0 Å². The number of aromatic nitrogens is 1. The fourth-order valence-corrected chi connectivity index (χ4v) is 1.96. The summed E-state index contributed by atoms with van der Waals surface area (Å²) in [7, 11) is 0. The van der Waals surface area contributed by atoms with E-state index in [1.165, 1.54) is 0 Å². The molecule has 17 heavy (non-hydrogen) atoms. The average molecular weight is 246 g/mol. The molecule has 0 atom stereocenters. The third-order valence-corrected chi connectivity index (χ3v) is 2.95. The van der Waals surface area contributed by atoms with Crippen molar-refractivity contribution in [3.05, 3.63) is 63.9 Å². The number of benzene rings is 1. The Hall–Kier alpha value is -1.67. The molecule has 0 saturated carbocycles. The summed E-state index contributed by atoms with van der Waals surface area (Å²) in [6, 6.07) is 7.11. The SMILES string of the molecule is Cc1cc(Cl)ccc1C(=O)c1cnccc1C. The number of nitrogens with zero attached hydrogens (tertiary/aromatic N) is 1. The summed E-state index contributed by atoms with van der Waals surface area (Å²) in [4.78, 5) is 16.3. The Morgan fingerprint density at radius 1 is 1.12 bits per heavy atom. The lowest BCUT2D eigenvalue weighted by Crippen LogP contribution is -2.06. The van der Waals surface area contributed by atoms with Crippen molar-refractivity contribution in [2.24, 2.45) is 0 Å². The smallest absolute Gasteiger partial charge is 0.195 e. The van der Waals surface area contributed by atoms with Crippen LogP contribution in [-0.4, -0.2) is 10.8 Å². The molecule has 0 amide bonds. The van der Waals surface area contributed by atoms with Gasteiger partial charge in [-0.15, -0.1) is 0 Å². The molecule has 0 N–H and O–H groups in total. The molecule has 0 spiro atoms. The lowest BCUT2D eigenvalue weighted by molar-refractivity contribution is 0.103. The van der Waals surface area contributed by atoms with Gasteiger partial charge in [-0.3, -0.25) is 9.78 Å². The molecule has 3 heteroatoms. The Kier molecular flexibility index (Phi) is 3.25. The van der Waals surface area contributed by atoms with Gasteiger partial charge in [0.1, 0.15) is 0 Å². The molecular formula is C14H12ClNO. The van der Waals surface area contributed by atoms with Crippen molar-refractivity contribution in [2.75, 3.05) is 0 Å². The molecule has 0 aliphatic rings. The van der Waals surface area contributed by atoms with Gasteiger partial charge in [0.2, 0.25) is 0 Å². The van der Waals surface area contributed by atoms with E-state index in [1.54, 1.807) is 30.6 Å². The second-order valence-corrected chi connectivity index (χ2v) is 4.42. The largest absolute Gasteiger partial charge is 0.289 e. The molecule has 1 heterocycles. The molecule has 0 radical (unpaired) electrons. The van der Waals surface area contributed by atoms with Crippen molar-refractivity contribution in [1.29, 1.82) is 0 Å². The van der Waals surface area contributed by atoms with Crippen molar-refractivity contribution >= 4 is 17.4 Å². The highest BCUT2D eigenvalue weighted by Crippen LogP contribution is 2.19. The molecule has 0 aliphatic heterocycles. The number of hydrogen-bond donors (Lipinski definition) is 0. The quantitative estimate of drug-likeness (QED) is 0.757. The van der Waals surface area contributed by atoms with E-state index >= 15 is 0 Å². The van der Waals surface area contributed by atoms with Gasteiger partial charge in [-0.05, 0) is 49.2 Å².